The van der Waals surface area contributed by atoms with Gasteiger partial charge in [-0.15, -0.1) is 0 Å². The van der Waals surface area contributed by atoms with Crippen LogP contribution in [0.15, 0.2) is 51.7 Å². The highest BCUT2D eigenvalue weighted by atomic mass is 16.4. The van der Waals surface area contributed by atoms with E-state index in [0.717, 1.165) is 17.0 Å². The third-order valence-corrected chi connectivity index (χ3v) is 3.93. The van der Waals surface area contributed by atoms with Gasteiger partial charge in [0.05, 0.1) is 6.54 Å². The summed E-state index contributed by atoms with van der Waals surface area (Å²) < 4.78 is 5.83. The molecule has 0 bridgehead atoms. The molecule has 0 saturated carbocycles. The molecule has 0 fully saturated rings. The average Bonchev–Trinajstić information content (AvgIpc) is 3.06. The highest BCUT2D eigenvalue weighted by Crippen LogP contribution is 2.26. The lowest BCUT2D eigenvalue weighted by Crippen LogP contribution is -2.36. The molecule has 2 aromatic heterocycles. The number of fused-ring (bicyclic) bond motifs is 1. The van der Waals surface area contributed by atoms with Gasteiger partial charge in [0, 0.05) is 24.6 Å². The number of hydrogen-bond donors (Lipinski definition) is 1. The maximum Gasteiger partial charge on any atom is 0.274 e. The van der Waals surface area contributed by atoms with Crippen LogP contribution in [0.3, 0.4) is 0 Å². The molecule has 1 aliphatic heterocycles. The Morgan fingerprint density at radius 2 is 2.00 bits per heavy atom. The third kappa shape index (κ3) is 2.60. The van der Waals surface area contributed by atoms with E-state index >= 15 is 0 Å². The van der Waals surface area contributed by atoms with Gasteiger partial charge in [-0.05, 0) is 18.2 Å². The lowest BCUT2D eigenvalue weighted by atomic mass is 10.1. The minimum atomic E-state index is -0.337. The Morgan fingerprint density at radius 1 is 1.17 bits per heavy atom. The van der Waals surface area contributed by atoms with Crippen LogP contribution in [0.5, 0.6) is 0 Å². The van der Waals surface area contributed by atoms with E-state index in [2.05, 4.69) is 15.2 Å². The Labute approximate surface area is 137 Å². The molecule has 0 spiro atoms. The molecule has 3 aromatic rings. The van der Waals surface area contributed by atoms with E-state index in [1.807, 2.05) is 30.3 Å². The van der Waals surface area contributed by atoms with Gasteiger partial charge >= 0.3 is 0 Å². The van der Waals surface area contributed by atoms with Crippen LogP contribution in [-0.2, 0) is 13.0 Å². The molecule has 7 heteroatoms. The lowest BCUT2D eigenvalue weighted by molar-refractivity contribution is 0.0720. The summed E-state index contributed by atoms with van der Waals surface area (Å²) in [6.07, 6.45) is 0.601. The van der Waals surface area contributed by atoms with Crippen LogP contribution < -0.4 is 5.56 Å². The van der Waals surface area contributed by atoms with Crippen LogP contribution in [0.4, 0.5) is 0 Å². The van der Waals surface area contributed by atoms with Crippen LogP contribution in [-0.4, -0.2) is 32.5 Å². The van der Waals surface area contributed by atoms with Crippen LogP contribution in [0.25, 0.3) is 11.5 Å². The molecule has 1 N–H and O–H groups in total. The van der Waals surface area contributed by atoms with Crippen molar-refractivity contribution >= 4 is 5.91 Å². The molecule has 0 unspecified atom stereocenters. The monoisotopic (exact) mass is 322 g/mol. The average molecular weight is 322 g/mol. The molecule has 1 aromatic carbocycles. The fourth-order valence-corrected chi connectivity index (χ4v) is 2.70. The SMILES string of the molecule is O=C(c1ccc(=O)[nH]n1)N1CCc2oc(-c3ccccc3)nc2C1. The number of H-pyrrole nitrogens is 1. The predicted molar refractivity (Wildman–Crippen MR) is 85.2 cm³/mol. The number of rotatable bonds is 2. The predicted octanol–water partition coefficient (Wildman–Crippen LogP) is 1.62. The maximum atomic E-state index is 12.5. The number of carbonyl (C=O) groups excluding carboxylic acids is 1. The first kappa shape index (κ1) is 14.4. The Bertz CT molecular complexity index is 925. The van der Waals surface area contributed by atoms with Crippen molar-refractivity contribution in [3.8, 4) is 11.5 Å². The minimum Gasteiger partial charge on any atom is -0.441 e. The molecule has 24 heavy (non-hydrogen) atoms. The van der Waals surface area contributed by atoms with Crippen LogP contribution >= 0.6 is 0 Å². The summed E-state index contributed by atoms with van der Waals surface area (Å²) in [4.78, 5) is 29.7. The summed E-state index contributed by atoms with van der Waals surface area (Å²) in [5.74, 6) is 1.14. The highest BCUT2D eigenvalue weighted by Gasteiger charge is 2.27. The third-order valence-electron chi connectivity index (χ3n) is 3.93. The number of aromatic nitrogens is 3. The van der Waals surface area contributed by atoms with Crippen LogP contribution in [0.1, 0.15) is 21.9 Å². The van der Waals surface area contributed by atoms with Crippen molar-refractivity contribution in [2.45, 2.75) is 13.0 Å². The van der Waals surface area contributed by atoms with Crippen molar-refractivity contribution in [3.63, 3.8) is 0 Å². The van der Waals surface area contributed by atoms with E-state index in [0.29, 0.717) is 25.4 Å². The molecule has 0 saturated heterocycles. The van der Waals surface area contributed by atoms with Crippen LogP contribution in [0, 0.1) is 0 Å². The zero-order valence-electron chi connectivity index (χ0n) is 12.7. The molecule has 0 aliphatic carbocycles. The number of nitrogens with zero attached hydrogens (tertiary/aromatic N) is 3. The normalized spacial score (nSPS) is 13.6. The highest BCUT2D eigenvalue weighted by molar-refractivity contribution is 5.92. The fourth-order valence-electron chi connectivity index (χ4n) is 2.70. The summed E-state index contributed by atoms with van der Waals surface area (Å²) in [7, 11) is 0. The summed E-state index contributed by atoms with van der Waals surface area (Å²) in [5, 5.41) is 6.07. The van der Waals surface area contributed by atoms with Crippen molar-refractivity contribution in [2.24, 2.45) is 0 Å². The minimum absolute atomic E-state index is 0.213. The Kier molecular flexibility index (Phi) is 3.45. The zero-order chi connectivity index (χ0) is 16.5. The quantitative estimate of drug-likeness (QED) is 0.774. The molecule has 0 atom stereocenters. The number of aromatic amines is 1. The molecule has 1 amide bonds. The van der Waals surface area contributed by atoms with Gasteiger partial charge in [-0.1, -0.05) is 18.2 Å². The van der Waals surface area contributed by atoms with E-state index in [1.54, 1.807) is 4.90 Å². The second kappa shape index (κ2) is 5.77. The lowest BCUT2D eigenvalue weighted by Gasteiger charge is -2.24. The van der Waals surface area contributed by atoms with E-state index in [4.69, 9.17) is 4.42 Å². The second-order valence-corrected chi connectivity index (χ2v) is 5.54. The first-order valence-electron chi connectivity index (χ1n) is 7.60. The molecule has 3 heterocycles. The van der Waals surface area contributed by atoms with E-state index in [-0.39, 0.29) is 17.2 Å². The Balaban J connectivity index is 1.57. The molecular weight excluding hydrogens is 308 g/mol. The van der Waals surface area contributed by atoms with E-state index in [9.17, 15) is 9.59 Å². The van der Waals surface area contributed by atoms with E-state index < -0.39 is 0 Å². The van der Waals surface area contributed by atoms with Gasteiger partial charge in [0.1, 0.15) is 17.1 Å². The number of nitrogens with one attached hydrogen (secondary N) is 1. The van der Waals surface area contributed by atoms with Gasteiger partial charge in [0.15, 0.2) is 0 Å². The topological polar surface area (TPSA) is 92.1 Å². The van der Waals surface area contributed by atoms with Crippen LogP contribution in [0.2, 0.25) is 0 Å². The molecular formula is C17H14N4O3. The number of hydrogen-bond acceptors (Lipinski definition) is 5. The molecule has 4 rings (SSSR count). The van der Waals surface area contributed by atoms with Gasteiger partial charge in [-0.2, -0.15) is 5.10 Å². The second-order valence-electron chi connectivity index (χ2n) is 5.54. The number of oxazole rings is 1. The molecule has 0 radical (unpaired) electrons. The number of benzene rings is 1. The Hall–Kier alpha value is -3.22. The van der Waals surface area contributed by atoms with E-state index in [1.165, 1.54) is 12.1 Å². The molecule has 120 valence electrons. The maximum absolute atomic E-state index is 12.5. The smallest absolute Gasteiger partial charge is 0.274 e. The summed E-state index contributed by atoms with van der Waals surface area (Å²) in [6, 6.07) is 12.4. The van der Waals surface area contributed by atoms with Gasteiger partial charge in [0.25, 0.3) is 11.5 Å². The molecule has 1 aliphatic rings. The Morgan fingerprint density at radius 3 is 2.75 bits per heavy atom. The fraction of sp³-hybridized carbons (Fsp3) is 0.176. The van der Waals surface area contributed by atoms with Crippen molar-refractivity contribution in [2.75, 3.05) is 6.54 Å². The van der Waals surface area contributed by atoms with Crippen molar-refractivity contribution < 1.29 is 9.21 Å². The first-order valence-corrected chi connectivity index (χ1v) is 7.60. The van der Waals surface area contributed by atoms with Gasteiger partial charge in [0.2, 0.25) is 5.89 Å². The summed E-state index contributed by atoms with van der Waals surface area (Å²) in [5.41, 5.74) is 1.55. The van der Waals surface area contributed by atoms with Crippen molar-refractivity contribution in [3.05, 3.63) is 70.0 Å². The van der Waals surface area contributed by atoms with Crippen molar-refractivity contribution in [1.82, 2.24) is 20.1 Å². The summed E-state index contributed by atoms with van der Waals surface area (Å²) in [6.45, 7) is 0.890. The standard InChI is InChI=1S/C17H14N4O3/c22-15-7-6-12(19-20-15)17(23)21-9-8-14-13(10-21)18-16(24-14)11-4-2-1-3-5-11/h1-7H,8-10H2,(H,20,22). The van der Waals surface area contributed by atoms with Gasteiger partial charge in [-0.3, -0.25) is 9.59 Å². The van der Waals surface area contributed by atoms with Gasteiger partial charge in [-0.25, -0.2) is 10.1 Å². The van der Waals surface area contributed by atoms with Crippen molar-refractivity contribution in [1.29, 1.82) is 0 Å². The van der Waals surface area contributed by atoms with Gasteiger partial charge < -0.3 is 9.32 Å². The number of carbonyl (C=O) groups is 1. The number of amides is 1. The molecule has 7 nitrogen and oxygen atoms in total. The largest absolute Gasteiger partial charge is 0.441 e. The zero-order valence-corrected chi connectivity index (χ0v) is 12.7. The first-order chi connectivity index (χ1) is 11.7. The summed E-state index contributed by atoms with van der Waals surface area (Å²) >= 11 is 0.